The molecule has 1 amide bonds. The number of esters is 1. The highest BCUT2D eigenvalue weighted by molar-refractivity contribution is 5.98. The predicted molar refractivity (Wildman–Crippen MR) is 107 cm³/mol. The van der Waals surface area contributed by atoms with E-state index in [1.54, 1.807) is 18.2 Å². The van der Waals surface area contributed by atoms with Gasteiger partial charge in [-0.2, -0.15) is 5.26 Å². The van der Waals surface area contributed by atoms with Gasteiger partial charge in [-0.3, -0.25) is 14.4 Å². The molecule has 2 aromatic rings. The fourth-order valence-corrected chi connectivity index (χ4v) is 3.33. The Hall–Kier alpha value is -3.46. The summed E-state index contributed by atoms with van der Waals surface area (Å²) in [4.78, 5) is 36.6. The lowest BCUT2D eigenvalue weighted by Crippen LogP contribution is -2.30. The SMILES string of the molecule is CC(OC(=O)CCC(=O)c1ccc2c(c1)CCC2)C(=O)Nc1cccc(C#N)c1. The predicted octanol–water partition coefficient (Wildman–Crippen LogP) is 3.58. The molecule has 0 aliphatic heterocycles. The molecule has 6 nitrogen and oxygen atoms in total. The summed E-state index contributed by atoms with van der Waals surface area (Å²) < 4.78 is 5.13. The average molecular weight is 390 g/mol. The van der Waals surface area contributed by atoms with Gasteiger partial charge in [-0.1, -0.05) is 18.2 Å². The van der Waals surface area contributed by atoms with E-state index in [1.807, 2.05) is 24.3 Å². The number of nitrogens with zero attached hydrogens (tertiary/aromatic N) is 1. The van der Waals surface area contributed by atoms with Crippen LogP contribution in [-0.2, 0) is 27.2 Å². The number of carbonyl (C=O) groups is 3. The topological polar surface area (TPSA) is 96.3 Å². The molecule has 148 valence electrons. The van der Waals surface area contributed by atoms with Gasteiger partial charge in [0.15, 0.2) is 11.9 Å². The highest BCUT2D eigenvalue weighted by atomic mass is 16.5. The lowest BCUT2D eigenvalue weighted by atomic mass is 10.0. The van der Waals surface area contributed by atoms with Gasteiger partial charge in [-0.25, -0.2) is 0 Å². The van der Waals surface area contributed by atoms with Gasteiger partial charge < -0.3 is 10.1 Å². The van der Waals surface area contributed by atoms with Crippen LogP contribution in [0.5, 0.6) is 0 Å². The lowest BCUT2D eigenvalue weighted by Gasteiger charge is -2.13. The van der Waals surface area contributed by atoms with Crippen LogP contribution >= 0.6 is 0 Å². The summed E-state index contributed by atoms with van der Waals surface area (Å²) >= 11 is 0. The molecule has 0 aromatic heterocycles. The van der Waals surface area contributed by atoms with Crippen LogP contribution in [0, 0.1) is 11.3 Å². The molecule has 2 aromatic carbocycles. The first-order valence-corrected chi connectivity index (χ1v) is 9.62. The van der Waals surface area contributed by atoms with Crippen molar-refractivity contribution in [3.63, 3.8) is 0 Å². The maximum atomic E-state index is 12.4. The maximum absolute atomic E-state index is 12.4. The number of benzene rings is 2. The zero-order chi connectivity index (χ0) is 20.8. The van der Waals surface area contributed by atoms with Gasteiger partial charge in [0.1, 0.15) is 0 Å². The first kappa shape index (κ1) is 20.3. The zero-order valence-electron chi connectivity index (χ0n) is 16.2. The second-order valence-electron chi connectivity index (χ2n) is 7.07. The van der Waals surface area contributed by atoms with E-state index in [0.29, 0.717) is 16.8 Å². The minimum absolute atomic E-state index is 0.0379. The summed E-state index contributed by atoms with van der Waals surface area (Å²) in [5.41, 5.74) is 3.98. The van der Waals surface area contributed by atoms with Gasteiger partial charge in [0.25, 0.3) is 5.91 Å². The van der Waals surface area contributed by atoms with E-state index in [-0.39, 0.29) is 18.6 Å². The largest absolute Gasteiger partial charge is 0.453 e. The molecule has 1 unspecified atom stereocenters. The summed E-state index contributed by atoms with van der Waals surface area (Å²) in [6, 6.07) is 14.1. The van der Waals surface area contributed by atoms with Crippen LogP contribution in [0.2, 0.25) is 0 Å². The Kier molecular flexibility index (Phi) is 6.40. The third-order valence-corrected chi connectivity index (χ3v) is 4.91. The average Bonchev–Trinajstić information content (AvgIpc) is 3.19. The molecule has 1 aliphatic rings. The number of ether oxygens (including phenoxy) is 1. The van der Waals surface area contributed by atoms with Gasteiger partial charge in [0, 0.05) is 17.7 Å². The van der Waals surface area contributed by atoms with Gasteiger partial charge in [0.05, 0.1) is 18.1 Å². The van der Waals surface area contributed by atoms with Crippen molar-refractivity contribution >= 4 is 23.3 Å². The monoisotopic (exact) mass is 390 g/mol. The van der Waals surface area contributed by atoms with E-state index < -0.39 is 18.0 Å². The number of nitriles is 1. The molecule has 6 heteroatoms. The Balaban J connectivity index is 1.47. The van der Waals surface area contributed by atoms with E-state index in [4.69, 9.17) is 10.00 Å². The molecule has 0 fully saturated rings. The molecule has 0 bridgehead atoms. The number of rotatable bonds is 7. The van der Waals surface area contributed by atoms with E-state index in [9.17, 15) is 14.4 Å². The second kappa shape index (κ2) is 9.16. The summed E-state index contributed by atoms with van der Waals surface area (Å²) in [7, 11) is 0. The summed E-state index contributed by atoms with van der Waals surface area (Å²) in [6.07, 6.45) is 2.09. The van der Waals surface area contributed by atoms with E-state index >= 15 is 0 Å². The van der Waals surface area contributed by atoms with Gasteiger partial charge in [-0.05, 0) is 61.6 Å². The number of hydrogen-bond acceptors (Lipinski definition) is 5. The number of amides is 1. The van der Waals surface area contributed by atoms with Crippen LogP contribution in [-0.4, -0.2) is 23.8 Å². The molecular weight excluding hydrogens is 368 g/mol. The van der Waals surface area contributed by atoms with Crippen molar-refractivity contribution in [3.8, 4) is 6.07 Å². The van der Waals surface area contributed by atoms with Crippen molar-refractivity contribution in [1.82, 2.24) is 0 Å². The van der Waals surface area contributed by atoms with Crippen molar-refractivity contribution in [2.45, 2.75) is 45.1 Å². The number of nitrogens with one attached hydrogen (secondary N) is 1. The van der Waals surface area contributed by atoms with E-state index in [1.165, 1.54) is 24.1 Å². The number of Topliss-reactive ketones (excluding diaryl/α,β-unsaturated/α-hetero) is 1. The third kappa shape index (κ3) is 5.29. The molecule has 29 heavy (non-hydrogen) atoms. The Labute approximate surface area is 169 Å². The fraction of sp³-hybridized carbons (Fsp3) is 0.304. The molecule has 1 atom stereocenters. The second-order valence-corrected chi connectivity index (χ2v) is 7.07. The minimum Gasteiger partial charge on any atom is -0.453 e. The Bertz CT molecular complexity index is 991. The quantitative estimate of drug-likeness (QED) is 0.576. The highest BCUT2D eigenvalue weighted by Gasteiger charge is 2.20. The third-order valence-electron chi connectivity index (χ3n) is 4.91. The van der Waals surface area contributed by atoms with Gasteiger partial charge >= 0.3 is 5.97 Å². The summed E-state index contributed by atoms with van der Waals surface area (Å²) in [5, 5.41) is 11.5. The first-order chi connectivity index (χ1) is 14.0. The number of aryl methyl sites for hydroxylation is 2. The van der Waals surface area contributed by atoms with Crippen molar-refractivity contribution < 1.29 is 19.1 Å². The van der Waals surface area contributed by atoms with Crippen molar-refractivity contribution in [2.75, 3.05) is 5.32 Å². The van der Waals surface area contributed by atoms with Crippen molar-refractivity contribution in [1.29, 1.82) is 5.26 Å². The fourth-order valence-electron chi connectivity index (χ4n) is 3.33. The smallest absolute Gasteiger partial charge is 0.307 e. The summed E-state index contributed by atoms with van der Waals surface area (Å²) in [5.74, 6) is -1.21. The number of ketones is 1. The minimum atomic E-state index is -1.01. The van der Waals surface area contributed by atoms with E-state index in [2.05, 4.69) is 5.32 Å². The van der Waals surface area contributed by atoms with Crippen LogP contribution in [0.15, 0.2) is 42.5 Å². The van der Waals surface area contributed by atoms with Crippen LogP contribution in [0.4, 0.5) is 5.69 Å². The number of anilines is 1. The molecule has 0 radical (unpaired) electrons. The molecule has 3 rings (SSSR count). The van der Waals surface area contributed by atoms with Gasteiger partial charge in [0.2, 0.25) is 0 Å². The van der Waals surface area contributed by atoms with Crippen LogP contribution in [0.3, 0.4) is 0 Å². The molecule has 0 saturated carbocycles. The van der Waals surface area contributed by atoms with Crippen LogP contribution in [0.25, 0.3) is 0 Å². The number of hydrogen-bond donors (Lipinski definition) is 1. The molecule has 0 spiro atoms. The Morgan fingerprint density at radius 2 is 1.90 bits per heavy atom. The standard InChI is InChI=1S/C23H22N2O4/c1-15(23(28)25-20-7-2-4-16(12-20)14-24)29-22(27)11-10-21(26)19-9-8-17-5-3-6-18(17)13-19/h2,4,7-9,12-13,15H,3,5-6,10-11H2,1H3,(H,25,28). The van der Waals surface area contributed by atoms with Crippen molar-refractivity contribution in [2.24, 2.45) is 0 Å². The number of fused-ring (bicyclic) bond motifs is 1. The molecule has 0 saturated heterocycles. The molecule has 1 N–H and O–H groups in total. The normalized spacial score (nSPS) is 13.1. The summed E-state index contributed by atoms with van der Waals surface area (Å²) in [6.45, 7) is 1.46. The van der Waals surface area contributed by atoms with Gasteiger partial charge in [-0.15, -0.1) is 0 Å². The molecule has 1 aliphatic carbocycles. The van der Waals surface area contributed by atoms with E-state index in [0.717, 1.165) is 19.3 Å². The van der Waals surface area contributed by atoms with Crippen LogP contribution in [0.1, 0.15) is 53.2 Å². The Morgan fingerprint density at radius 3 is 2.69 bits per heavy atom. The molecular formula is C23H22N2O4. The van der Waals surface area contributed by atoms with Crippen molar-refractivity contribution in [3.05, 3.63) is 64.7 Å². The highest BCUT2D eigenvalue weighted by Crippen LogP contribution is 2.23. The lowest BCUT2D eigenvalue weighted by molar-refractivity contribution is -0.153. The van der Waals surface area contributed by atoms with Crippen LogP contribution < -0.4 is 5.32 Å². The number of carbonyl (C=O) groups excluding carboxylic acids is 3. The maximum Gasteiger partial charge on any atom is 0.307 e. The Morgan fingerprint density at radius 1 is 1.10 bits per heavy atom. The molecule has 0 heterocycles. The first-order valence-electron chi connectivity index (χ1n) is 9.62. The zero-order valence-corrected chi connectivity index (χ0v) is 16.2.